The topological polar surface area (TPSA) is 64.0 Å². The highest BCUT2D eigenvalue weighted by Crippen LogP contribution is 2.33. The maximum Gasteiger partial charge on any atom is 0.237 e. The summed E-state index contributed by atoms with van der Waals surface area (Å²) >= 11 is 0. The molecule has 1 atom stereocenters. The molecule has 0 saturated carbocycles. The molecule has 0 bridgehead atoms. The summed E-state index contributed by atoms with van der Waals surface area (Å²) in [4.78, 5) is 13.7. The highest BCUT2D eigenvalue weighted by molar-refractivity contribution is 7.83. The van der Waals surface area contributed by atoms with Crippen LogP contribution in [0.4, 0.5) is 5.82 Å². The van der Waals surface area contributed by atoms with Crippen LogP contribution in [-0.4, -0.2) is 19.9 Å². The Morgan fingerprint density at radius 2 is 1.50 bits per heavy atom. The molecule has 160 valence electrons. The van der Waals surface area contributed by atoms with Gasteiger partial charge in [0.25, 0.3) is 0 Å². The molecule has 1 aliphatic rings. The quantitative estimate of drug-likeness (QED) is 0.488. The second-order valence-corrected chi connectivity index (χ2v) is 9.45. The zero-order chi connectivity index (χ0) is 22.1. The van der Waals surface area contributed by atoms with E-state index in [1.807, 2.05) is 91.9 Å². The molecule has 1 unspecified atom stereocenters. The number of hydrogen-bond donors (Lipinski definition) is 1. The number of rotatable bonds is 5. The van der Waals surface area contributed by atoms with Gasteiger partial charge in [0.1, 0.15) is 5.82 Å². The number of nitrogens with zero attached hydrogens (tertiary/aromatic N) is 2. The second kappa shape index (κ2) is 8.55. The highest BCUT2D eigenvalue weighted by Gasteiger charge is 2.30. The van der Waals surface area contributed by atoms with Crippen LogP contribution in [0, 0.1) is 6.92 Å². The molecule has 0 radical (unpaired) electrons. The third-order valence-electron chi connectivity index (χ3n) is 5.72. The Morgan fingerprint density at radius 3 is 2.09 bits per heavy atom. The lowest BCUT2D eigenvalue weighted by atomic mass is 9.90. The molecular weight excluding hydrogens is 418 g/mol. The van der Waals surface area contributed by atoms with Gasteiger partial charge in [-0.15, -0.1) is 0 Å². The number of benzene rings is 3. The van der Waals surface area contributed by atoms with Crippen molar-refractivity contribution in [1.29, 1.82) is 0 Å². The van der Waals surface area contributed by atoms with Gasteiger partial charge in [-0.3, -0.25) is 9.00 Å². The van der Waals surface area contributed by atoms with Crippen molar-refractivity contribution in [3.05, 3.63) is 113 Å². The normalized spacial score (nSPS) is 15.0. The van der Waals surface area contributed by atoms with Gasteiger partial charge in [-0.25, -0.2) is 4.68 Å². The number of fused-ring (bicyclic) bond motifs is 1. The maximum atomic E-state index is 13.7. The van der Waals surface area contributed by atoms with Crippen LogP contribution in [0.2, 0.25) is 0 Å². The van der Waals surface area contributed by atoms with Crippen LogP contribution in [0.1, 0.15) is 33.9 Å². The predicted octanol–water partition coefficient (Wildman–Crippen LogP) is 4.71. The third-order valence-corrected chi connectivity index (χ3v) is 6.92. The van der Waals surface area contributed by atoms with E-state index >= 15 is 0 Å². The largest absolute Gasteiger partial charge is 0.309 e. The Balaban J connectivity index is 1.57. The van der Waals surface area contributed by atoms with Gasteiger partial charge in [0.15, 0.2) is 0 Å². The average molecular weight is 442 g/mol. The average Bonchev–Trinajstić information content (AvgIpc) is 3.33. The second-order valence-electron chi connectivity index (χ2n) is 7.99. The summed E-state index contributed by atoms with van der Waals surface area (Å²) in [5, 5.41) is 7.86. The van der Waals surface area contributed by atoms with Gasteiger partial charge in [-0.05, 0) is 30.2 Å². The van der Waals surface area contributed by atoms with E-state index in [0.29, 0.717) is 17.3 Å². The fourth-order valence-electron chi connectivity index (χ4n) is 4.10. The van der Waals surface area contributed by atoms with Gasteiger partial charge in [0, 0.05) is 16.4 Å². The van der Waals surface area contributed by atoms with Crippen molar-refractivity contribution in [1.82, 2.24) is 9.78 Å². The van der Waals surface area contributed by atoms with Crippen LogP contribution in [0.15, 0.2) is 84.9 Å². The first-order valence-corrected chi connectivity index (χ1v) is 12.0. The smallest absolute Gasteiger partial charge is 0.237 e. The SMILES string of the molecule is Cc1ccc(-n2nc3c(c2NC(=O)C(c2ccccc2)c2ccccc2)CS(=O)C3)cc1. The molecule has 0 spiro atoms. The molecule has 3 aromatic carbocycles. The molecule has 1 N–H and O–H groups in total. The number of amides is 1. The van der Waals surface area contributed by atoms with Gasteiger partial charge in [-0.1, -0.05) is 78.4 Å². The van der Waals surface area contributed by atoms with Crippen molar-refractivity contribution in [2.45, 2.75) is 24.3 Å². The number of anilines is 1. The van der Waals surface area contributed by atoms with Crippen molar-refractivity contribution in [2.75, 3.05) is 5.32 Å². The van der Waals surface area contributed by atoms with E-state index in [1.165, 1.54) is 0 Å². The molecule has 1 amide bonds. The Bertz CT molecular complexity index is 1240. The molecule has 5 rings (SSSR count). The Kier molecular flexibility index (Phi) is 5.45. The monoisotopic (exact) mass is 441 g/mol. The van der Waals surface area contributed by atoms with Crippen molar-refractivity contribution in [3.8, 4) is 5.69 Å². The van der Waals surface area contributed by atoms with Crippen LogP contribution in [0.25, 0.3) is 5.69 Å². The molecule has 4 aromatic rings. The van der Waals surface area contributed by atoms with Gasteiger partial charge in [0.05, 0.1) is 28.8 Å². The molecular formula is C26H23N3O2S. The van der Waals surface area contributed by atoms with Crippen molar-refractivity contribution < 1.29 is 9.00 Å². The number of aromatic nitrogens is 2. The van der Waals surface area contributed by atoms with Crippen LogP contribution >= 0.6 is 0 Å². The summed E-state index contributed by atoms with van der Waals surface area (Å²) in [7, 11) is -0.991. The van der Waals surface area contributed by atoms with Gasteiger partial charge in [-0.2, -0.15) is 5.10 Å². The number of carbonyl (C=O) groups is 1. The van der Waals surface area contributed by atoms with E-state index in [4.69, 9.17) is 5.10 Å². The Labute approximate surface area is 189 Å². The van der Waals surface area contributed by atoms with Crippen LogP contribution in [-0.2, 0) is 27.1 Å². The van der Waals surface area contributed by atoms with Crippen LogP contribution < -0.4 is 5.32 Å². The van der Waals surface area contributed by atoms with E-state index in [1.54, 1.807) is 4.68 Å². The maximum absolute atomic E-state index is 13.7. The van der Waals surface area contributed by atoms with Crippen molar-refractivity contribution in [3.63, 3.8) is 0 Å². The molecule has 5 nitrogen and oxygen atoms in total. The van der Waals surface area contributed by atoms with Gasteiger partial charge < -0.3 is 5.32 Å². The van der Waals surface area contributed by atoms with Crippen LogP contribution in [0.5, 0.6) is 0 Å². The zero-order valence-electron chi connectivity index (χ0n) is 17.7. The van der Waals surface area contributed by atoms with Crippen molar-refractivity contribution in [2.24, 2.45) is 0 Å². The van der Waals surface area contributed by atoms with Gasteiger partial charge in [0.2, 0.25) is 5.91 Å². The molecule has 2 heterocycles. The highest BCUT2D eigenvalue weighted by atomic mass is 32.2. The number of hydrogen-bond acceptors (Lipinski definition) is 3. The molecule has 32 heavy (non-hydrogen) atoms. The third kappa shape index (κ3) is 3.89. The number of nitrogens with one attached hydrogen (secondary N) is 1. The van der Waals surface area contributed by atoms with E-state index in [9.17, 15) is 9.00 Å². The van der Waals surface area contributed by atoms with E-state index < -0.39 is 16.7 Å². The molecule has 0 aliphatic carbocycles. The fourth-order valence-corrected chi connectivity index (χ4v) is 5.37. The zero-order valence-corrected chi connectivity index (χ0v) is 18.5. The van der Waals surface area contributed by atoms with Crippen molar-refractivity contribution >= 4 is 22.5 Å². The summed E-state index contributed by atoms with van der Waals surface area (Å²) in [6.07, 6.45) is 0. The first-order valence-electron chi connectivity index (χ1n) is 10.5. The van der Waals surface area contributed by atoms with Crippen LogP contribution in [0.3, 0.4) is 0 Å². The summed E-state index contributed by atoms with van der Waals surface area (Å²) in [6, 6.07) is 27.5. The lowest BCUT2D eigenvalue weighted by Crippen LogP contribution is -2.24. The predicted molar refractivity (Wildman–Crippen MR) is 127 cm³/mol. The molecule has 0 fully saturated rings. The minimum atomic E-state index is -0.991. The minimum Gasteiger partial charge on any atom is -0.309 e. The van der Waals surface area contributed by atoms with E-state index in [2.05, 4.69) is 5.32 Å². The fraction of sp³-hybridized carbons (Fsp3) is 0.154. The molecule has 1 aromatic heterocycles. The molecule has 0 saturated heterocycles. The van der Waals surface area contributed by atoms with Gasteiger partial charge >= 0.3 is 0 Å². The Morgan fingerprint density at radius 1 is 0.906 bits per heavy atom. The minimum absolute atomic E-state index is 0.142. The first-order chi connectivity index (χ1) is 15.6. The summed E-state index contributed by atoms with van der Waals surface area (Å²) in [5.41, 5.74) is 5.48. The lowest BCUT2D eigenvalue weighted by Gasteiger charge is -2.19. The molecule has 6 heteroatoms. The standard InChI is InChI=1S/C26H23N3O2S/c1-18-12-14-21(15-13-18)29-25(22-16-32(31)17-23(22)28-29)27-26(30)24(19-8-4-2-5-9-19)20-10-6-3-7-11-20/h2-15,24H,16-17H2,1H3,(H,27,30). The lowest BCUT2D eigenvalue weighted by molar-refractivity contribution is -0.116. The number of carbonyl (C=O) groups excluding carboxylic acids is 1. The summed E-state index contributed by atoms with van der Waals surface area (Å²) in [5.74, 6) is 0.810. The summed E-state index contributed by atoms with van der Waals surface area (Å²) in [6.45, 7) is 2.03. The molecule has 1 aliphatic heterocycles. The summed E-state index contributed by atoms with van der Waals surface area (Å²) < 4.78 is 14.0. The Hall–Kier alpha value is -3.51. The van der Waals surface area contributed by atoms with E-state index in [0.717, 1.165) is 33.6 Å². The number of aryl methyl sites for hydroxylation is 1. The first kappa shape index (κ1) is 20.4. The van der Waals surface area contributed by atoms with E-state index in [-0.39, 0.29) is 5.91 Å².